The quantitative estimate of drug-likeness (QED) is 0.553. The maximum Gasteiger partial charge on any atom is 0.222 e. The lowest BCUT2D eigenvalue weighted by Crippen LogP contribution is -2.40. The SMILES string of the molecule is CN=C(NCc1cc(OC)ccc1O)N1CC(CCN2CCCC2=O)c2ccccc21. The van der Waals surface area contributed by atoms with Crippen LogP contribution in [0.3, 0.4) is 0 Å². The molecule has 1 saturated heterocycles. The summed E-state index contributed by atoms with van der Waals surface area (Å²) in [6, 6.07) is 13.6. The Kier molecular flexibility index (Phi) is 6.30. The zero-order chi connectivity index (χ0) is 21.8. The number of rotatable bonds is 6. The summed E-state index contributed by atoms with van der Waals surface area (Å²) in [5, 5.41) is 13.6. The lowest BCUT2D eigenvalue weighted by Gasteiger charge is -2.23. The van der Waals surface area contributed by atoms with Crippen LogP contribution >= 0.6 is 0 Å². The molecule has 4 rings (SSSR count). The Bertz CT molecular complexity index is 975. The molecule has 164 valence electrons. The van der Waals surface area contributed by atoms with Gasteiger partial charge < -0.3 is 25.0 Å². The van der Waals surface area contributed by atoms with Crippen molar-refractivity contribution in [1.82, 2.24) is 10.2 Å². The highest BCUT2D eigenvalue weighted by atomic mass is 16.5. The summed E-state index contributed by atoms with van der Waals surface area (Å²) in [4.78, 5) is 20.7. The number of aliphatic imine (C=N–C) groups is 1. The molecule has 1 atom stereocenters. The molecule has 0 aromatic heterocycles. The number of phenolic OH excluding ortho intramolecular Hbond substituents is 1. The van der Waals surface area contributed by atoms with Crippen molar-refractivity contribution in [3.05, 3.63) is 53.6 Å². The Hall–Kier alpha value is -3.22. The van der Waals surface area contributed by atoms with Gasteiger partial charge in [0.05, 0.1) is 7.11 Å². The Labute approximate surface area is 183 Å². The van der Waals surface area contributed by atoms with Crippen molar-refractivity contribution in [3.8, 4) is 11.5 Å². The fraction of sp³-hybridized carbons (Fsp3) is 0.417. The second-order valence-corrected chi connectivity index (χ2v) is 8.03. The first kappa shape index (κ1) is 21.0. The van der Waals surface area contributed by atoms with E-state index in [1.807, 2.05) is 17.0 Å². The number of para-hydroxylation sites is 1. The average Bonchev–Trinajstić information content (AvgIpc) is 3.37. The van der Waals surface area contributed by atoms with Gasteiger partial charge in [-0.15, -0.1) is 0 Å². The van der Waals surface area contributed by atoms with E-state index in [1.54, 1.807) is 26.3 Å². The van der Waals surface area contributed by atoms with Crippen molar-refractivity contribution in [1.29, 1.82) is 0 Å². The molecule has 2 aliphatic rings. The van der Waals surface area contributed by atoms with E-state index in [-0.39, 0.29) is 11.7 Å². The van der Waals surface area contributed by atoms with Gasteiger partial charge in [-0.25, -0.2) is 0 Å². The molecule has 0 spiro atoms. The molecule has 1 amide bonds. The van der Waals surface area contributed by atoms with Crippen LogP contribution in [0.2, 0.25) is 0 Å². The third-order valence-corrected chi connectivity index (χ3v) is 6.18. The van der Waals surface area contributed by atoms with Crippen molar-refractivity contribution < 1.29 is 14.6 Å². The van der Waals surface area contributed by atoms with Gasteiger partial charge in [-0.2, -0.15) is 0 Å². The molecule has 31 heavy (non-hydrogen) atoms. The largest absolute Gasteiger partial charge is 0.508 e. The molecule has 0 radical (unpaired) electrons. The Morgan fingerprint density at radius 1 is 1.29 bits per heavy atom. The summed E-state index contributed by atoms with van der Waals surface area (Å²) in [6.45, 7) is 2.92. The van der Waals surface area contributed by atoms with E-state index in [2.05, 4.69) is 33.4 Å². The third kappa shape index (κ3) is 4.45. The molecule has 2 aromatic carbocycles. The molecular formula is C24H30N4O3. The van der Waals surface area contributed by atoms with Crippen molar-refractivity contribution in [2.24, 2.45) is 4.99 Å². The van der Waals surface area contributed by atoms with Gasteiger partial charge in [0.2, 0.25) is 5.91 Å². The van der Waals surface area contributed by atoms with Crippen LogP contribution in [0.25, 0.3) is 0 Å². The molecule has 2 heterocycles. The Morgan fingerprint density at radius 2 is 2.13 bits per heavy atom. The first-order valence-electron chi connectivity index (χ1n) is 10.8. The molecule has 1 fully saturated rings. The van der Waals surface area contributed by atoms with Crippen molar-refractivity contribution >= 4 is 17.6 Å². The standard InChI is InChI=1S/C24H30N4O3/c1-25-24(26-15-18-14-19(31-2)9-10-22(18)29)28-16-17(20-6-3-4-7-21(20)28)11-13-27-12-5-8-23(27)30/h3-4,6-7,9-10,14,17,29H,5,8,11-13,15-16H2,1-2H3,(H,25,26). The molecule has 0 bridgehead atoms. The maximum absolute atomic E-state index is 12.0. The predicted octanol–water partition coefficient (Wildman–Crippen LogP) is 3.09. The number of carbonyl (C=O) groups excluding carboxylic acids is 1. The van der Waals surface area contributed by atoms with Crippen molar-refractivity contribution in [2.45, 2.75) is 31.7 Å². The van der Waals surface area contributed by atoms with Crippen molar-refractivity contribution in [2.75, 3.05) is 38.7 Å². The van der Waals surface area contributed by atoms with Gasteiger partial charge in [-0.05, 0) is 42.7 Å². The summed E-state index contributed by atoms with van der Waals surface area (Å²) in [7, 11) is 3.38. The predicted molar refractivity (Wildman–Crippen MR) is 122 cm³/mol. The Morgan fingerprint density at radius 3 is 2.87 bits per heavy atom. The van der Waals surface area contributed by atoms with Gasteiger partial charge in [0.25, 0.3) is 0 Å². The maximum atomic E-state index is 12.0. The van der Waals surface area contributed by atoms with E-state index >= 15 is 0 Å². The number of anilines is 1. The number of hydrogen-bond donors (Lipinski definition) is 2. The van der Waals surface area contributed by atoms with Gasteiger partial charge in [0.15, 0.2) is 5.96 Å². The van der Waals surface area contributed by atoms with Crippen LogP contribution in [0.4, 0.5) is 5.69 Å². The number of fused-ring (bicyclic) bond motifs is 1. The molecule has 0 saturated carbocycles. The van der Waals surface area contributed by atoms with Crippen LogP contribution in [-0.4, -0.2) is 55.7 Å². The van der Waals surface area contributed by atoms with Crippen molar-refractivity contribution in [3.63, 3.8) is 0 Å². The fourth-order valence-corrected chi connectivity index (χ4v) is 4.50. The second-order valence-electron chi connectivity index (χ2n) is 8.03. The normalized spacial score (nSPS) is 18.5. The minimum atomic E-state index is 0.221. The van der Waals surface area contributed by atoms with E-state index in [0.717, 1.165) is 49.7 Å². The summed E-state index contributed by atoms with van der Waals surface area (Å²) in [6.07, 6.45) is 2.59. The number of likely N-dealkylation sites (tertiary alicyclic amines) is 1. The lowest BCUT2D eigenvalue weighted by atomic mass is 9.98. The summed E-state index contributed by atoms with van der Waals surface area (Å²) in [5.41, 5.74) is 3.18. The van der Waals surface area contributed by atoms with E-state index in [4.69, 9.17) is 4.74 Å². The average molecular weight is 423 g/mol. The van der Waals surface area contributed by atoms with E-state index < -0.39 is 0 Å². The molecular weight excluding hydrogens is 392 g/mol. The molecule has 2 aromatic rings. The van der Waals surface area contributed by atoms with Crippen LogP contribution in [0, 0.1) is 0 Å². The van der Waals surface area contributed by atoms with Gasteiger partial charge in [0.1, 0.15) is 11.5 Å². The summed E-state index contributed by atoms with van der Waals surface area (Å²) in [5.74, 6) is 2.30. The number of carbonyl (C=O) groups is 1. The minimum Gasteiger partial charge on any atom is -0.508 e. The molecule has 0 aliphatic carbocycles. The number of nitrogens with zero attached hydrogens (tertiary/aromatic N) is 3. The highest BCUT2D eigenvalue weighted by molar-refractivity contribution is 5.98. The minimum absolute atomic E-state index is 0.221. The number of ether oxygens (including phenoxy) is 1. The summed E-state index contributed by atoms with van der Waals surface area (Å²) < 4.78 is 5.27. The van der Waals surface area contributed by atoms with Gasteiger partial charge in [0, 0.05) is 56.8 Å². The topological polar surface area (TPSA) is 77.4 Å². The smallest absolute Gasteiger partial charge is 0.222 e. The molecule has 2 N–H and O–H groups in total. The number of hydrogen-bond acceptors (Lipinski definition) is 4. The van der Waals surface area contributed by atoms with Crippen LogP contribution in [-0.2, 0) is 11.3 Å². The van der Waals surface area contributed by atoms with E-state index in [9.17, 15) is 9.90 Å². The van der Waals surface area contributed by atoms with Gasteiger partial charge in [-0.1, -0.05) is 18.2 Å². The second kappa shape index (κ2) is 9.29. The van der Waals surface area contributed by atoms with Gasteiger partial charge in [-0.3, -0.25) is 9.79 Å². The lowest BCUT2D eigenvalue weighted by molar-refractivity contribution is -0.127. The number of nitrogens with one attached hydrogen (secondary N) is 1. The monoisotopic (exact) mass is 422 g/mol. The van der Waals surface area contributed by atoms with Crippen LogP contribution in [0.5, 0.6) is 11.5 Å². The Balaban J connectivity index is 1.47. The molecule has 1 unspecified atom stereocenters. The zero-order valence-corrected chi connectivity index (χ0v) is 18.2. The van der Waals surface area contributed by atoms with Crippen LogP contribution in [0.1, 0.15) is 36.3 Å². The van der Waals surface area contributed by atoms with Gasteiger partial charge >= 0.3 is 0 Å². The number of benzene rings is 2. The molecule has 7 heteroatoms. The number of amides is 1. The van der Waals surface area contributed by atoms with E-state index in [0.29, 0.717) is 24.6 Å². The molecule has 2 aliphatic heterocycles. The first-order valence-corrected chi connectivity index (χ1v) is 10.8. The van der Waals surface area contributed by atoms with E-state index in [1.165, 1.54) is 5.56 Å². The number of methoxy groups -OCH3 is 1. The first-order chi connectivity index (χ1) is 15.1. The van der Waals surface area contributed by atoms with Crippen LogP contribution in [0.15, 0.2) is 47.5 Å². The highest BCUT2D eigenvalue weighted by Gasteiger charge is 2.32. The number of phenols is 1. The number of guanidine groups is 1. The highest BCUT2D eigenvalue weighted by Crippen LogP contribution is 2.38. The zero-order valence-electron chi connectivity index (χ0n) is 18.2. The molecule has 7 nitrogen and oxygen atoms in total. The summed E-state index contributed by atoms with van der Waals surface area (Å²) >= 11 is 0. The number of aromatic hydroxyl groups is 1. The third-order valence-electron chi connectivity index (χ3n) is 6.18. The fourth-order valence-electron chi connectivity index (χ4n) is 4.50. The van der Waals surface area contributed by atoms with Crippen LogP contribution < -0.4 is 15.0 Å².